The van der Waals surface area contributed by atoms with E-state index < -0.39 is 6.04 Å². The quantitative estimate of drug-likeness (QED) is 0.801. The van der Waals surface area contributed by atoms with Gasteiger partial charge in [-0.25, -0.2) is 9.59 Å². The summed E-state index contributed by atoms with van der Waals surface area (Å²) >= 11 is 0. The molecule has 1 unspecified atom stereocenters. The first-order valence-electron chi connectivity index (χ1n) is 8.94. The maximum absolute atomic E-state index is 12.5. The van der Waals surface area contributed by atoms with Crippen molar-refractivity contribution in [1.82, 2.24) is 15.1 Å². The van der Waals surface area contributed by atoms with Crippen molar-refractivity contribution in [2.24, 2.45) is 5.92 Å². The second-order valence-corrected chi connectivity index (χ2v) is 6.58. The van der Waals surface area contributed by atoms with Crippen LogP contribution >= 0.6 is 0 Å². The first-order valence-corrected chi connectivity index (χ1v) is 8.94. The average Bonchev–Trinajstić information content (AvgIpc) is 2.66. The average molecular weight is 347 g/mol. The summed E-state index contributed by atoms with van der Waals surface area (Å²) in [5, 5.41) is 2.85. The van der Waals surface area contributed by atoms with Crippen LogP contribution in [-0.2, 0) is 16.1 Å². The van der Waals surface area contributed by atoms with Gasteiger partial charge in [-0.15, -0.1) is 0 Å². The molecule has 0 aromatic heterocycles. The van der Waals surface area contributed by atoms with E-state index in [4.69, 9.17) is 4.74 Å². The lowest BCUT2D eigenvalue weighted by molar-refractivity contribution is -0.144. The van der Waals surface area contributed by atoms with Gasteiger partial charge in [0.1, 0.15) is 6.04 Å². The maximum Gasteiger partial charge on any atom is 0.328 e. The van der Waals surface area contributed by atoms with Gasteiger partial charge in [-0.1, -0.05) is 50.6 Å². The van der Waals surface area contributed by atoms with E-state index in [1.807, 2.05) is 32.0 Å². The lowest BCUT2D eigenvalue weighted by Gasteiger charge is -2.35. The minimum atomic E-state index is -0.593. The minimum Gasteiger partial charge on any atom is -0.467 e. The van der Waals surface area contributed by atoms with Gasteiger partial charge >= 0.3 is 12.0 Å². The number of esters is 1. The summed E-state index contributed by atoms with van der Waals surface area (Å²) < 4.78 is 4.83. The van der Waals surface area contributed by atoms with Crippen LogP contribution < -0.4 is 5.32 Å². The Morgan fingerprint density at radius 1 is 1.16 bits per heavy atom. The van der Waals surface area contributed by atoms with Crippen molar-refractivity contribution in [1.29, 1.82) is 0 Å². The molecular formula is C19H29N3O3. The van der Waals surface area contributed by atoms with Gasteiger partial charge in [0.25, 0.3) is 0 Å². The van der Waals surface area contributed by atoms with Gasteiger partial charge in [0.05, 0.1) is 7.11 Å². The van der Waals surface area contributed by atoms with Gasteiger partial charge < -0.3 is 15.0 Å². The third-order valence-electron chi connectivity index (χ3n) is 4.86. The van der Waals surface area contributed by atoms with Crippen molar-refractivity contribution in [2.45, 2.75) is 32.9 Å². The van der Waals surface area contributed by atoms with Gasteiger partial charge in [-0.3, -0.25) is 4.90 Å². The summed E-state index contributed by atoms with van der Waals surface area (Å²) in [5.74, 6) is -0.346. The molecule has 1 aliphatic heterocycles. The molecular weight excluding hydrogens is 318 g/mol. The molecule has 1 fully saturated rings. The third kappa shape index (κ3) is 5.46. The van der Waals surface area contributed by atoms with Crippen molar-refractivity contribution in [3.8, 4) is 0 Å². The largest absolute Gasteiger partial charge is 0.467 e. The van der Waals surface area contributed by atoms with Crippen molar-refractivity contribution in [3.63, 3.8) is 0 Å². The van der Waals surface area contributed by atoms with E-state index in [-0.39, 0.29) is 17.9 Å². The number of nitrogens with one attached hydrogen (secondary N) is 1. The summed E-state index contributed by atoms with van der Waals surface area (Å²) in [6, 6.07) is 9.56. The predicted octanol–water partition coefficient (Wildman–Crippen LogP) is 2.10. The third-order valence-corrected chi connectivity index (χ3v) is 4.86. The fraction of sp³-hybridized carbons (Fsp3) is 0.579. The number of piperazine rings is 1. The van der Waals surface area contributed by atoms with E-state index >= 15 is 0 Å². The smallest absolute Gasteiger partial charge is 0.328 e. The Bertz CT molecular complexity index is 556. The number of amides is 2. The first-order chi connectivity index (χ1) is 12.0. The molecule has 138 valence electrons. The molecule has 0 aliphatic carbocycles. The van der Waals surface area contributed by atoms with Crippen molar-refractivity contribution in [2.75, 3.05) is 33.3 Å². The Morgan fingerprint density at radius 3 is 2.36 bits per heavy atom. The molecule has 1 N–H and O–H groups in total. The first kappa shape index (κ1) is 19.2. The standard InChI is InChI=1S/C19H29N3O3/c1-4-15(2)17(18(23)25-3)20-19(24)22-12-10-21(11-13-22)14-16-8-6-5-7-9-16/h5-9,15,17H,4,10-14H2,1-3H3,(H,20,24)/t15?,17-/m0/s1. The highest BCUT2D eigenvalue weighted by Gasteiger charge is 2.29. The van der Waals surface area contributed by atoms with E-state index in [9.17, 15) is 9.59 Å². The molecule has 2 amide bonds. The number of benzene rings is 1. The van der Waals surface area contributed by atoms with Gasteiger partial charge in [0.2, 0.25) is 0 Å². The van der Waals surface area contributed by atoms with Gasteiger partial charge in [0, 0.05) is 32.7 Å². The predicted molar refractivity (Wildman–Crippen MR) is 97.1 cm³/mol. The van der Waals surface area contributed by atoms with Crippen molar-refractivity contribution < 1.29 is 14.3 Å². The number of urea groups is 1. The van der Waals surface area contributed by atoms with E-state index in [0.29, 0.717) is 13.1 Å². The fourth-order valence-corrected chi connectivity index (χ4v) is 2.97. The summed E-state index contributed by atoms with van der Waals surface area (Å²) in [7, 11) is 1.35. The maximum atomic E-state index is 12.5. The molecule has 1 heterocycles. The van der Waals surface area contributed by atoms with Crippen LogP contribution in [0.2, 0.25) is 0 Å². The van der Waals surface area contributed by atoms with Crippen LogP contribution in [0.3, 0.4) is 0 Å². The molecule has 0 bridgehead atoms. The monoisotopic (exact) mass is 347 g/mol. The van der Waals surface area contributed by atoms with Gasteiger partial charge in [-0.05, 0) is 11.5 Å². The fourth-order valence-electron chi connectivity index (χ4n) is 2.97. The number of nitrogens with zero attached hydrogens (tertiary/aromatic N) is 2. The van der Waals surface area contributed by atoms with Crippen LogP contribution in [0.1, 0.15) is 25.8 Å². The molecule has 0 spiro atoms. The molecule has 6 heteroatoms. The zero-order valence-corrected chi connectivity index (χ0v) is 15.4. The van der Waals surface area contributed by atoms with Crippen LogP contribution in [-0.4, -0.2) is 61.1 Å². The van der Waals surface area contributed by atoms with Crippen LogP contribution in [0.15, 0.2) is 30.3 Å². The van der Waals surface area contributed by atoms with Crippen LogP contribution in [0.25, 0.3) is 0 Å². The lowest BCUT2D eigenvalue weighted by atomic mass is 9.99. The van der Waals surface area contributed by atoms with Crippen LogP contribution in [0.5, 0.6) is 0 Å². The molecule has 0 saturated carbocycles. The molecule has 2 rings (SSSR count). The SMILES string of the molecule is CCC(C)[C@H](NC(=O)N1CCN(Cc2ccccc2)CC1)C(=O)OC. The number of hydrogen-bond donors (Lipinski definition) is 1. The molecule has 1 aromatic carbocycles. The Hall–Kier alpha value is -2.08. The highest BCUT2D eigenvalue weighted by atomic mass is 16.5. The molecule has 1 aliphatic rings. The number of methoxy groups -OCH3 is 1. The lowest BCUT2D eigenvalue weighted by Crippen LogP contribution is -2.55. The highest BCUT2D eigenvalue weighted by Crippen LogP contribution is 2.12. The van der Waals surface area contributed by atoms with Crippen molar-refractivity contribution >= 4 is 12.0 Å². The number of ether oxygens (including phenoxy) is 1. The molecule has 1 aromatic rings. The normalized spacial score (nSPS) is 17.6. The summed E-state index contributed by atoms with van der Waals surface area (Å²) in [4.78, 5) is 28.5. The minimum absolute atomic E-state index is 0.0377. The molecule has 6 nitrogen and oxygen atoms in total. The number of carbonyl (C=O) groups excluding carboxylic acids is 2. The van der Waals surface area contributed by atoms with Crippen molar-refractivity contribution in [3.05, 3.63) is 35.9 Å². The number of hydrogen-bond acceptors (Lipinski definition) is 4. The molecule has 2 atom stereocenters. The number of carbonyl (C=O) groups is 2. The number of rotatable bonds is 6. The second-order valence-electron chi connectivity index (χ2n) is 6.58. The van der Waals surface area contributed by atoms with E-state index in [1.165, 1.54) is 12.7 Å². The Kier molecular flexibility index (Phi) is 7.25. The summed E-state index contributed by atoms with van der Waals surface area (Å²) in [6.07, 6.45) is 0.797. The zero-order chi connectivity index (χ0) is 18.2. The van der Waals surface area contributed by atoms with Gasteiger partial charge in [0.15, 0.2) is 0 Å². The topological polar surface area (TPSA) is 61.9 Å². The van der Waals surface area contributed by atoms with E-state index in [0.717, 1.165) is 26.1 Å². The Morgan fingerprint density at radius 2 is 1.80 bits per heavy atom. The molecule has 0 radical (unpaired) electrons. The van der Waals surface area contributed by atoms with Crippen LogP contribution in [0, 0.1) is 5.92 Å². The summed E-state index contributed by atoms with van der Waals surface area (Å²) in [5.41, 5.74) is 1.28. The van der Waals surface area contributed by atoms with E-state index in [2.05, 4.69) is 22.3 Å². The van der Waals surface area contributed by atoms with E-state index in [1.54, 1.807) is 4.90 Å². The van der Waals surface area contributed by atoms with Gasteiger partial charge in [-0.2, -0.15) is 0 Å². The highest BCUT2D eigenvalue weighted by molar-refractivity contribution is 5.83. The molecule has 1 saturated heterocycles. The molecule has 25 heavy (non-hydrogen) atoms. The second kappa shape index (κ2) is 9.42. The Balaban J connectivity index is 1.84. The van der Waals surface area contributed by atoms with Crippen LogP contribution in [0.4, 0.5) is 4.79 Å². The summed E-state index contributed by atoms with van der Waals surface area (Å²) in [6.45, 7) is 7.81. The zero-order valence-electron chi connectivity index (χ0n) is 15.4. The Labute approximate surface area is 150 Å².